The first-order valence-electron chi connectivity index (χ1n) is 7.99. The van der Waals surface area contributed by atoms with Gasteiger partial charge in [0.2, 0.25) is 0 Å². The average molecular weight is 411 g/mol. The molecule has 26 heavy (non-hydrogen) atoms. The summed E-state index contributed by atoms with van der Waals surface area (Å²) in [6.45, 7) is 2.15. The molecule has 3 aromatic rings. The van der Waals surface area contributed by atoms with E-state index >= 15 is 0 Å². The third-order valence-electron chi connectivity index (χ3n) is 4.35. The van der Waals surface area contributed by atoms with E-state index in [1.165, 1.54) is 0 Å². The number of benzene rings is 2. The normalized spacial score (nSPS) is 14.5. The van der Waals surface area contributed by atoms with Gasteiger partial charge in [0, 0.05) is 10.2 Å². The van der Waals surface area contributed by atoms with E-state index in [1.54, 1.807) is 23.1 Å². The fourth-order valence-electron chi connectivity index (χ4n) is 3.00. The summed E-state index contributed by atoms with van der Waals surface area (Å²) >= 11 is 3.34. The molecule has 130 valence electrons. The average Bonchev–Trinajstić information content (AvgIpc) is 2.90. The molecule has 0 saturated carbocycles. The third kappa shape index (κ3) is 2.70. The maximum absolute atomic E-state index is 12.4. The monoisotopic (exact) mass is 410 g/mol. The SMILES string of the molecule is Cc1ccc(N2CC(O)=C(c3nc4ccc(Br)cc4c(=O)[nH]3)C2=N)cc1. The van der Waals surface area contributed by atoms with Gasteiger partial charge in [-0.25, -0.2) is 4.98 Å². The van der Waals surface area contributed by atoms with Crippen LogP contribution in [0.25, 0.3) is 16.5 Å². The molecule has 0 spiro atoms. The second-order valence-electron chi connectivity index (χ2n) is 6.17. The number of halogens is 1. The maximum atomic E-state index is 12.4. The van der Waals surface area contributed by atoms with E-state index < -0.39 is 0 Å². The van der Waals surface area contributed by atoms with Gasteiger partial charge in [-0.1, -0.05) is 33.6 Å². The number of nitrogens with zero attached hydrogens (tertiary/aromatic N) is 2. The lowest BCUT2D eigenvalue weighted by molar-refractivity contribution is 0.411. The molecule has 4 rings (SSSR count). The highest BCUT2D eigenvalue weighted by Gasteiger charge is 2.31. The van der Waals surface area contributed by atoms with Crippen molar-refractivity contribution in [2.45, 2.75) is 6.92 Å². The fraction of sp³-hybridized carbons (Fsp3) is 0.105. The Balaban J connectivity index is 1.78. The van der Waals surface area contributed by atoms with Gasteiger partial charge in [0.1, 0.15) is 17.4 Å². The smallest absolute Gasteiger partial charge is 0.259 e. The summed E-state index contributed by atoms with van der Waals surface area (Å²) in [7, 11) is 0. The van der Waals surface area contributed by atoms with Gasteiger partial charge in [0.15, 0.2) is 0 Å². The molecule has 0 amide bonds. The van der Waals surface area contributed by atoms with Gasteiger partial charge in [-0.05, 0) is 37.3 Å². The molecule has 1 aliphatic heterocycles. The summed E-state index contributed by atoms with van der Waals surface area (Å²) in [5, 5.41) is 19.4. The van der Waals surface area contributed by atoms with Crippen molar-refractivity contribution in [2.24, 2.45) is 0 Å². The summed E-state index contributed by atoms with van der Waals surface area (Å²) in [4.78, 5) is 21.2. The molecule has 7 heteroatoms. The van der Waals surface area contributed by atoms with Gasteiger partial charge in [-0.3, -0.25) is 10.2 Å². The number of aliphatic hydroxyl groups is 1. The first kappa shape index (κ1) is 16.5. The fourth-order valence-corrected chi connectivity index (χ4v) is 3.36. The zero-order chi connectivity index (χ0) is 18.4. The Labute approximate surface area is 157 Å². The highest BCUT2D eigenvalue weighted by atomic mass is 79.9. The van der Waals surface area contributed by atoms with Gasteiger partial charge in [0.05, 0.1) is 23.0 Å². The topological polar surface area (TPSA) is 93.1 Å². The summed E-state index contributed by atoms with van der Waals surface area (Å²) < 4.78 is 0.784. The van der Waals surface area contributed by atoms with Crippen molar-refractivity contribution in [2.75, 3.05) is 11.4 Å². The maximum Gasteiger partial charge on any atom is 0.259 e. The summed E-state index contributed by atoms with van der Waals surface area (Å²) in [5.41, 5.74) is 2.35. The van der Waals surface area contributed by atoms with Crippen LogP contribution >= 0.6 is 15.9 Å². The van der Waals surface area contributed by atoms with Crippen LogP contribution in [0.15, 0.2) is 57.5 Å². The summed E-state index contributed by atoms with van der Waals surface area (Å²) in [5.74, 6) is 0.308. The number of aryl methyl sites for hydroxylation is 1. The van der Waals surface area contributed by atoms with E-state index in [2.05, 4.69) is 25.9 Å². The zero-order valence-electron chi connectivity index (χ0n) is 13.9. The Morgan fingerprint density at radius 2 is 1.96 bits per heavy atom. The number of rotatable bonds is 2. The van der Waals surface area contributed by atoms with Crippen molar-refractivity contribution in [3.8, 4) is 0 Å². The minimum Gasteiger partial charge on any atom is -0.509 e. The lowest BCUT2D eigenvalue weighted by Crippen LogP contribution is -2.26. The van der Waals surface area contributed by atoms with Gasteiger partial charge >= 0.3 is 0 Å². The number of hydrogen-bond donors (Lipinski definition) is 3. The molecule has 3 N–H and O–H groups in total. The lowest BCUT2D eigenvalue weighted by atomic mass is 10.2. The largest absolute Gasteiger partial charge is 0.509 e. The zero-order valence-corrected chi connectivity index (χ0v) is 15.5. The Kier molecular flexibility index (Phi) is 3.88. The predicted octanol–water partition coefficient (Wildman–Crippen LogP) is 3.76. The summed E-state index contributed by atoms with van der Waals surface area (Å²) in [6, 6.07) is 12.9. The molecule has 0 atom stereocenters. The molecule has 0 bridgehead atoms. The number of amidine groups is 1. The van der Waals surface area contributed by atoms with Crippen LogP contribution < -0.4 is 10.5 Å². The van der Waals surface area contributed by atoms with Crippen LogP contribution in [-0.4, -0.2) is 27.5 Å². The summed E-state index contributed by atoms with van der Waals surface area (Å²) in [6.07, 6.45) is 0. The predicted molar refractivity (Wildman–Crippen MR) is 106 cm³/mol. The Hall–Kier alpha value is -2.93. The quantitative estimate of drug-likeness (QED) is 0.599. The van der Waals surface area contributed by atoms with Crippen molar-refractivity contribution < 1.29 is 5.11 Å². The van der Waals surface area contributed by atoms with Gasteiger partial charge < -0.3 is 15.0 Å². The first-order valence-corrected chi connectivity index (χ1v) is 8.78. The molecular formula is C19H15BrN4O2. The highest BCUT2D eigenvalue weighted by molar-refractivity contribution is 9.10. The van der Waals surface area contributed by atoms with Gasteiger partial charge in [-0.2, -0.15) is 0 Å². The van der Waals surface area contributed by atoms with Crippen molar-refractivity contribution in [3.05, 3.63) is 74.4 Å². The van der Waals surface area contributed by atoms with E-state index in [0.29, 0.717) is 10.9 Å². The first-order chi connectivity index (χ1) is 12.4. The third-order valence-corrected chi connectivity index (χ3v) is 4.85. The van der Waals surface area contributed by atoms with Crippen molar-refractivity contribution >= 4 is 43.9 Å². The van der Waals surface area contributed by atoms with Crippen LogP contribution in [0.5, 0.6) is 0 Å². The number of anilines is 1. The molecule has 0 aliphatic carbocycles. The standard InChI is InChI=1S/C19H15BrN4O2/c1-10-2-5-12(6-3-10)24-9-15(25)16(17(24)21)18-22-14-7-4-11(20)8-13(14)19(26)23-18/h2-8,21,25H,9H2,1H3,(H,22,23,26). The molecule has 0 radical (unpaired) electrons. The molecule has 0 saturated heterocycles. The Morgan fingerprint density at radius 3 is 2.69 bits per heavy atom. The Morgan fingerprint density at radius 1 is 1.23 bits per heavy atom. The molecule has 6 nitrogen and oxygen atoms in total. The minimum absolute atomic E-state index is 0.00943. The second-order valence-corrected chi connectivity index (χ2v) is 7.08. The van der Waals surface area contributed by atoms with Crippen molar-refractivity contribution in [3.63, 3.8) is 0 Å². The van der Waals surface area contributed by atoms with E-state index in [4.69, 9.17) is 5.41 Å². The number of nitrogens with one attached hydrogen (secondary N) is 2. The van der Waals surface area contributed by atoms with Crippen LogP contribution in [0, 0.1) is 12.3 Å². The molecule has 0 unspecified atom stereocenters. The minimum atomic E-state index is -0.312. The van der Waals surface area contributed by atoms with E-state index in [0.717, 1.165) is 15.7 Å². The van der Waals surface area contributed by atoms with Crippen LogP contribution in [-0.2, 0) is 0 Å². The lowest BCUT2D eigenvalue weighted by Gasteiger charge is -2.18. The van der Waals surface area contributed by atoms with E-state index in [1.807, 2.05) is 31.2 Å². The number of H-pyrrole nitrogens is 1. The van der Waals surface area contributed by atoms with E-state index in [9.17, 15) is 9.90 Å². The van der Waals surface area contributed by atoms with Crippen LogP contribution in [0.3, 0.4) is 0 Å². The van der Waals surface area contributed by atoms with Gasteiger partial charge in [0.25, 0.3) is 5.56 Å². The van der Waals surface area contributed by atoms with Gasteiger partial charge in [-0.15, -0.1) is 0 Å². The van der Waals surface area contributed by atoms with Crippen LogP contribution in [0.2, 0.25) is 0 Å². The van der Waals surface area contributed by atoms with Crippen molar-refractivity contribution in [1.82, 2.24) is 9.97 Å². The van der Waals surface area contributed by atoms with Crippen LogP contribution in [0.1, 0.15) is 11.4 Å². The number of aliphatic hydroxyl groups excluding tert-OH is 1. The van der Waals surface area contributed by atoms with E-state index in [-0.39, 0.29) is 35.1 Å². The number of hydrogen-bond acceptors (Lipinski definition) is 4. The number of aromatic nitrogens is 2. The number of fused-ring (bicyclic) bond motifs is 1. The van der Waals surface area contributed by atoms with Crippen molar-refractivity contribution in [1.29, 1.82) is 5.41 Å². The molecule has 2 heterocycles. The molecule has 2 aromatic carbocycles. The Bertz CT molecular complexity index is 1130. The molecule has 1 aliphatic rings. The van der Waals surface area contributed by atoms with Crippen LogP contribution in [0.4, 0.5) is 5.69 Å². The second kappa shape index (κ2) is 6.10. The number of aromatic amines is 1. The molecule has 1 aromatic heterocycles. The molecule has 0 fully saturated rings. The highest BCUT2D eigenvalue weighted by Crippen LogP contribution is 2.30. The molecular weight excluding hydrogens is 396 g/mol.